The van der Waals surface area contributed by atoms with Gasteiger partial charge in [0.1, 0.15) is 24.9 Å². The molecule has 0 saturated carbocycles. The number of ketones is 1. The predicted octanol–water partition coefficient (Wildman–Crippen LogP) is 0.810. The number of nitrogens with one attached hydrogen (secondary N) is 1. The number of ether oxygens (including phenoxy) is 2. The number of nitrogen functional groups attached to an aromatic ring is 1. The Morgan fingerprint density at radius 2 is 1.83 bits per heavy atom. The number of anilines is 1. The van der Waals surface area contributed by atoms with Crippen molar-refractivity contribution in [2.75, 3.05) is 25.6 Å². The highest BCUT2D eigenvalue weighted by molar-refractivity contribution is 8.44. The second kappa shape index (κ2) is 13.2. The average Bonchev–Trinajstić information content (AvgIpc) is 3.68. The summed E-state index contributed by atoms with van der Waals surface area (Å²) in [6.07, 6.45) is 0.675. The van der Waals surface area contributed by atoms with Gasteiger partial charge in [-0.05, 0) is 36.3 Å². The van der Waals surface area contributed by atoms with E-state index in [4.69, 9.17) is 40.6 Å². The number of imidazole rings is 1. The van der Waals surface area contributed by atoms with Crippen LogP contribution in [0.5, 0.6) is 0 Å². The minimum atomic E-state index is -4.27. The van der Waals surface area contributed by atoms with Crippen molar-refractivity contribution in [2.24, 2.45) is 11.8 Å². The zero-order chi connectivity index (χ0) is 33.7. The van der Waals surface area contributed by atoms with Gasteiger partial charge in [-0.15, -0.1) is 0 Å². The number of pyridine rings is 1. The van der Waals surface area contributed by atoms with Crippen molar-refractivity contribution in [3.63, 3.8) is 0 Å². The molecule has 0 aromatic carbocycles. The van der Waals surface area contributed by atoms with Gasteiger partial charge >= 0.3 is 13.5 Å². The summed E-state index contributed by atoms with van der Waals surface area (Å²) in [7, 11) is 0. The van der Waals surface area contributed by atoms with E-state index < -0.39 is 68.7 Å². The number of nitrogens with two attached hydrogens (primary N) is 1. The molecule has 8 atom stereocenters. The number of aromatic nitrogens is 7. The third kappa shape index (κ3) is 7.25. The first-order chi connectivity index (χ1) is 22.2. The average molecular weight is 731 g/mol. The molecule has 4 aromatic heterocycles. The Labute approximate surface area is 274 Å². The smallest absolute Gasteiger partial charge is 0.369 e. The molecular formula is C24H28N8O11P2S2. The van der Waals surface area contributed by atoms with Crippen molar-refractivity contribution in [3.8, 4) is 0 Å². The first-order valence-electron chi connectivity index (χ1n) is 13.9. The van der Waals surface area contributed by atoms with Crippen LogP contribution in [-0.2, 0) is 44.2 Å². The largest absolute Gasteiger partial charge is 0.383 e. The molecule has 0 aliphatic carbocycles. The van der Waals surface area contributed by atoms with Gasteiger partial charge in [0.25, 0.3) is 11.1 Å². The number of H-pyrrole nitrogens is 1. The molecule has 2 aliphatic heterocycles. The van der Waals surface area contributed by atoms with Crippen molar-refractivity contribution in [3.05, 3.63) is 51.7 Å². The Kier molecular flexibility index (Phi) is 9.51. The van der Waals surface area contributed by atoms with E-state index in [0.717, 1.165) is 0 Å². The first-order valence-corrected chi connectivity index (χ1v) is 19.2. The maximum Gasteiger partial charge on any atom is 0.383 e. The Hall–Kier alpha value is -2.94. The fourth-order valence-corrected chi connectivity index (χ4v) is 7.00. The minimum Gasteiger partial charge on any atom is -0.369 e. The van der Waals surface area contributed by atoms with Gasteiger partial charge in [-0.25, -0.2) is 19.5 Å². The number of hydrogen-bond acceptors (Lipinski definition) is 15. The van der Waals surface area contributed by atoms with Crippen LogP contribution in [0.4, 0.5) is 5.95 Å². The molecule has 6 heterocycles. The predicted molar refractivity (Wildman–Crippen MR) is 170 cm³/mol. The molecule has 2 fully saturated rings. The number of Topliss-reactive ketones (excluding diaryl/α,β-unsaturated/α-hetero) is 1. The van der Waals surface area contributed by atoms with Crippen LogP contribution in [0.1, 0.15) is 25.8 Å². The summed E-state index contributed by atoms with van der Waals surface area (Å²) in [4.78, 5) is 77.8. The van der Waals surface area contributed by atoms with Crippen molar-refractivity contribution >= 4 is 71.5 Å². The lowest BCUT2D eigenvalue weighted by atomic mass is 10.0. The van der Waals surface area contributed by atoms with Gasteiger partial charge in [-0.1, -0.05) is 19.2 Å². The molecule has 5 unspecified atom stereocenters. The molecule has 23 heteroatoms. The minimum absolute atomic E-state index is 0.0178. The number of thiol groups is 1. The molecule has 4 aromatic rings. The third-order valence-corrected chi connectivity index (χ3v) is 10.1. The summed E-state index contributed by atoms with van der Waals surface area (Å²) in [6, 6.07) is 3.36. The fraction of sp³-hybridized carbons (Fsp3) is 0.458. The molecule has 5 N–H and O–H groups in total. The molecule has 252 valence electrons. The zero-order valence-electron chi connectivity index (χ0n) is 24.3. The Morgan fingerprint density at radius 1 is 1.09 bits per heavy atom. The van der Waals surface area contributed by atoms with Crippen LogP contribution < -0.4 is 16.9 Å². The molecule has 6 rings (SSSR count). The number of carbonyl (C=O) groups is 1. The molecule has 2 aliphatic rings. The molecule has 0 bridgehead atoms. The summed E-state index contributed by atoms with van der Waals surface area (Å²) in [5.74, 6) is -2.18. The van der Waals surface area contributed by atoms with Gasteiger partial charge in [-0.3, -0.25) is 33.0 Å². The van der Waals surface area contributed by atoms with E-state index in [2.05, 4.69) is 37.2 Å². The van der Waals surface area contributed by atoms with Gasteiger partial charge in [-0.2, -0.15) is 4.98 Å². The normalized spacial score (nSPS) is 27.4. The van der Waals surface area contributed by atoms with Gasteiger partial charge < -0.3 is 34.0 Å². The van der Waals surface area contributed by atoms with Gasteiger partial charge in [0.05, 0.1) is 43.7 Å². The van der Waals surface area contributed by atoms with Crippen molar-refractivity contribution in [1.29, 1.82) is 0 Å². The van der Waals surface area contributed by atoms with E-state index in [0.29, 0.717) is 11.9 Å². The van der Waals surface area contributed by atoms with Crippen molar-refractivity contribution in [2.45, 2.75) is 38.0 Å². The zero-order valence-corrected chi connectivity index (χ0v) is 27.8. The highest BCUT2D eigenvalue weighted by Gasteiger charge is 2.47. The van der Waals surface area contributed by atoms with Crippen LogP contribution in [0.15, 0.2) is 40.6 Å². The molecular weight excluding hydrogens is 702 g/mol. The quantitative estimate of drug-likeness (QED) is 0.106. The number of rotatable bonds is 11. The number of hydrogen-bond donors (Lipinski definition) is 5. The van der Waals surface area contributed by atoms with Gasteiger partial charge in [0, 0.05) is 6.20 Å². The van der Waals surface area contributed by atoms with Crippen LogP contribution in [0.3, 0.4) is 0 Å². The monoisotopic (exact) mass is 730 g/mol. The number of aromatic amines is 1. The van der Waals surface area contributed by atoms with Crippen LogP contribution in [-0.4, -0.2) is 81.7 Å². The number of carbonyl (C=O) groups excluding carboxylic acids is 1. The van der Waals surface area contributed by atoms with Gasteiger partial charge in [0.15, 0.2) is 22.5 Å². The number of fused-ring (bicyclic) bond motifs is 2. The molecule has 47 heavy (non-hydrogen) atoms. The van der Waals surface area contributed by atoms with E-state index in [1.165, 1.54) is 28.0 Å². The van der Waals surface area contributed by atoms with E-state index in [-0.39, 0.29) is 40.7 Å². The third-order valence-electron chi connectivity index (χ3n) is 7.66. The van der Waals surface area contributed by atoms with Crippen LogP contribution >= 0.6 is 25.8 Å². The molecule has 2 saturated heterocycles. The van der Waals surface area contributed by atoms with E-state index in [9.17, 15) is 28.7 Å². The van der Waals surface area contributed by atoms with Crippen LogP contribution in [0.2, 0.25) is 0 Å². The Morgan fingerprint density at radius 3 is 2.60 bits per heavy atom. The summed E-state index contributed by atoms with van der Waals surface area (Å²) < 4.78 is 42.0. The second-order valence-corrected chi connectivity index (χ2v) is 16.4. The lowest BCUT2D eigenvalue weighted by Crippen LogP contribution is -2.28. The first kappa shape index (κ1) is 33.9. The maximum absolute atomic E-state index is 13.4. The number of nitrogens with zero attached hydrogens (tertiary/aromatic N) is 6. The Bertz CT molecular complexity index is 2050. The molecule has 0 spiro atoms. The van der Waals surface area contributed by atoms with E-state index >= 15 is 0 Å². The fourth-order valence-electron chi connectivity index (χ4n) is 5.34. The van der Waals surface area contributed by atoms with Gasteiger partial charge in [0.2, 0.25) is 5.95 Å². The van der Waals surface area contributed by atoms with Crippen molar-refractivity contribution < 1.29 is 42.2 Å². The summed E-state index contributed by atoms with van der Waals surface area (Å²) in [5, 5.41) is 0. The van der Waals surface area contributed by atoms with Crippen LogP contribution in [0.25, 0.3) is 22.2 Å². The second-order valence-electron chi connectivity index (χ2n) is 10.8. The van der Waals surface area contributed by atoms with E-state index in [1.807, 2.05) is 6.92 Å². The van der Waals surface area contributed by atoms with Crippen LogP contribution in [0, 0.1) is 11.8 Å². The molecule has 19 nitrogen and oxygen atoms in total. The summed E-state index contributed by atoms with van der Waals surface area (Å²) in [6.45, 7) is -7.76. The summed E-state index contributed by atoms with van der Waals surface area (Å²) in [5.41, 5.74) is 5.24. The maximum atomic E-state index is 13.4. The lowest BCUT2D eigenvalue weighted by Gasteiger charge is -2.23. The SMILES string of the molecule is C[C@H]1CC(n2cnc3cccnc3c2=O)OC1COP(O)(=S)OCC1C(=O)[C@@H](COP(=O)(O)S)O[C@H]1n1cnc2c(=O)[nH]c(N)nc21. The molecule has 0 amide bonds. The summed E-state index contributed by atoms with van der Waals surface area (Å²) >= 11 is 8.66. The topological polar surface area (TPSA) is 258 Å². The molecule has 0 radical (unpaired) electrons. The lowest BCUT2D eigenvalue weighted by molar-refractivity contribution is -0.126. The Balaban J connectivity index is 1.14. The highest BCUT2D eigenvalue weighted by atomic mass is 32.7. The highest BCUT2D eigenvalue weighted by Crippen LogP contribution is 2.49. The standard InChI is InChI=1S/C24H28N8O11P2S2/c1-11-5-16(31-9-27-13-3-2-4-26-17(13)22(31)35)42-14(11)7-41-45(38,47)40-6-12-19(33)15(8-39-44(36,37)46)43-23(12)32-10-28-18-20(32)29-24(25)30-21(18)34/h2-4,9-12,14-16,23H,5-8H2,1H3,(H,38,47)(H2,36,37,46)(H3,25,29,30,34)/t11-,12?,14?,15+,16?,23+,45?/m0/s1. The van der Waals surface area contributed by atoms with Crippen molar-refractivity contribution in [1.82, 2.24) is 34.1 Å². The van der Waals surface area contributed by atoms with E-state index in [1.54, 1.807) is 12.1 Å².